The van der Waals surface area contributed by atoms with Gasteiger partial charge in [0.1, 0.15) is 11.5 Å². The van der Waals surface area contributed by atoms with Gasteiger partial charge in [-0.1, -0.05) is 0 Å². The van der Waals surface area contributed by atoms with Crippen LogP contribution in [0.25, 0.3) is 0 Å². The molecule has 0 fully saturated rings. The normalized spacial score (nSPS) is 13.2. The summed E-state index contributed by atoms with van der Waals surface area (Å²) in [6.45, 7) is 7.43. The van der Waals surface area contributed by atoms with E-state index in [9.17, 15) is 4.79 Å². The summed E-state index contributed by atoms with van der Waals surface area (Å²) in [4.78, 5) is 15.0. The van der Waals surface area contributed by atoms with Crippen molar-refractivity contribution >= 4 is 5.97 Å². The average Bonchev–Trinajstić information content (AvgIpc) is 2.62. The number of hydrogen-bond donors (Lipinski definition) is 1. The zero-order valence-corrected chi connectivity index (χ0v) is 12.4. The monoisotopic (exact) mass is 268 g/mol. The molecule has 0 radical (unpaired) electrons. The molecule has 1 aromatic rings. The number of carbonyl (C=O) groups is 1. The minimum Gasteiger partial charge on any atom is -0.480 e. The Labute approximate surface area is 114 Å². The van der Waals surface area contributed by atoms with Crippen LogP contribution in [-0.2, 0) is 4.79 Å². The van der Waals surface area contributed by atoms with Crippen molar-refractivity contribution in [3.05, 3.63) is 23.2 Å². The molecule has 1 heterocycles. The first kappa shape index (κ1) is 15.7. The van der Waals surface area contributed by atoms with Crippen LogP contribution < -0.4 is 0 Å². The molecular weight excluding hydrogens is 244 g/mol. The van der Waals surface area contributed by atoms with Crippen molar-refractivity contribution in [3.63, 3.8) is 0 Å². The summed E-state index contributed by atoms with van der Waals surface area (Å²) in [6, 6.07) is 2.03. The highest BCUT2D eigenvalue weighted by Crippen LogP contribution is 2.25. The SMILES string of the molecule is Cc1cc(C(C)N(CCN(C)C)CC(=O)O)c(C)o1. The minimum atomic E-state index is -0.802. The van der Waals surface area contributed by atoms with Crippen LogP contribution in [0.15, 0.2) is 10.5 Å². The van der Waals surface area contributed by atoms with E-state index in [1.54, 1.807) is 0 Å². The van der Waals surface area contributed by atoms with Crippen LogP contribution in [0.3, 0.4) is 0 Å². The molecule has 1 atom stereocenters. The quantitative estimate of drug-likeness (QED) is 0.818. The number of nitrogens with zero attached hydrogens (tertiary/aromatic N) is 2. The molecule has 0 aliphatic carbocycles. The van der Waals surface area contributed by atoms with Crippen LogP contribution in [0.2, 0.25) is 0 Å². The summed E-state index contributed by atoms with van der Waals surface area (Å²) in [7, 11) is 3.97. The highest BCUT2D eigenvalue weighted by atomic mass is 16.4. The molecule has 19 heavy (non-hydrogen) atoms. The van der Waals surface area contributed by atoms with Crippen LogP contribution in [0.5, 0.6) is 0 Å². The fourth-order valence-electron chi connectivity index (χ4n) is 2.17. The Morgan fingerprint density at radius 2 is 2.00 bits per heavy atom. The number of rotatable bonds is 7. The molecule has 0 saturated carbocycles. The molecule has 1 N–H and O–H groups in total. The number of aliphatic carboxylic acids is 1. The Balaban J connectivity index is 2.83. The van der Waals surface area contributed by atoms with E-state index in [0.29, 0.717) is 6.54 Å². The third kappa shape index (κ3) is 4.69. The number of likely N-dealkylation sites (N-methyl/N-ethyl adjacent to an activating group) is 1. The second kappa shape index (κ2) is 6.73. The summed E-state index contributed by atoms with van der Waals surface area (Å²) >= 11 is 0. The first-order valence-electron chi connectivity index (χ1n) is 6.48. The van der Waals surface area contributed by atoms with Gasteiger partial charge in [-0.25, -0.2) is 0 Å². The Bertz CT molecular complexity index is 426. The van der Waals surface area contributed by atoms with E-state index in [4.69, 9.17) is 9.52 Å². The molecule has 0 amide bonds. The Morgan fingerprint density at radius 1 is 1.37 bits per heavy atom. The van der Waals surface area contributed by atoms with Crippen LogP contribution >= 0.6 is 0 Å². The number of aryl methyl sites for hydroxylation is 2. The molecule has 5 nitrogen and oxygen atoms in total. The highest BCUT2D eigenvalue weighted by Gasteiger charge is 2.21. The molecule has 108 valence electrons. The Kier molecular flexibility index (Phi) is 5.57. The topological polar surface area (TPSA) is 56.9 Å². The van der Waals surface area contributed by atoms with Crippen molar-refractivity contribution in [1.29, 1.82) is 0 Å². The summed E-state index contributed by atoms with van der Waals surface area (Å²) in [5, 5.41) is 9.04. The van der Waals surface area contributed by atoms with E-state index in [2.05, 4.69) is 4.90 Å². The standard InChI is InChI=1S/C14H24N2O3/c1-10-8-13(12(3)19-10)11(2)16(9-14(17)18)7-6-15(4)5/h8,11H,6-7,9H2,1-5H3,(H,17,18). The van der Waals surface area contributed by atoms with E-state index < -0.39 is 5.97 Å². The van der Waals surface area contributed by atoms with Gasteiger partial charge in [0, 0.05) is 24.7 Å². The lowest BCUT2D eigenvalue weighted by Gasteiger charge is -2.28. The third-order valence-corrected chi connectivity index (χ3v) is 3.25. The van der Waals surface area contributed by atoms with Gasteiger partial charge in [0.15, 0.2) is 0 Å². The fourth-order valence-corrected chi connectivity index (χ4v) is 2.17. The minimum absolute atomic E-state index is 0.0356. The largest absolute Gasteiger partial charge is 0.480 e. The average molecular weight is 268 g/mol. The van der Waals surface area contributed by atoms with Gasteiger partial charge in [-0.15, -0.1) is 0 Å². The van der Waals surface area contributed by atoms with Crippen LogP contribution in [0.1, 0.15) is 30.0 Å². The third-order valence-electron chi connectivity index (χ3n) is 3.25. The van der Waals surface area contributed by atoms with Crippen molar-refractivity contribution in [2.45, 2.75) is 26.8 Å². The summed E-state index contributed by atoms with van der Waals surface area (Å²) in [6.07, 6.45) is 0. The van der Waals surface area contributed by atoms with Gasteiger partial charge in [0.2, 0.25) is 0 Å². The van der Waals surface area contributed by atoms with Crippen LogP contribution in [-0.4, -0.2) is 54.6 Å². The molecule has 1 rings (SSSR count). The first-order chi connectivity index (χ1) is 8.81. The van der Waals surface area contributed by atoms with Gasteiger partial charge in [-0.2, -0.15) is 0 Å². The van der Waals surface area contributed by atoms with E-state index in [0.717, 1.165) is 23.6 Å². The predicted molar refractivity (Wildman–Crippen MR) is 74.4 cm³/mol. The van der Waals surface area contributed by atoms with Gasteiger partial charge >= 0.3 is 5.97 Å². The summed E-state index contributed by atoms with van der Waals surface area (Å²) in [5.41, 5.74) is 1.07. The van der Waals surface area contributed by atoms with Crippen LogP contribution in [0, 0.1) is 13.8 Å². The molecule has 5 heteroatoms. The predicted octanol–water partition coefficient (Wildman–Crippen LogP) is 1.91. The smallest absolute Gasteiger partial charge is 0.317 e. The Hall–Kier alpha value is -1.33. The molecule has 0 saturated heterocycles. The fraction of sp³-hybridized carbons (Fsp3) is 0.643. The molecule has 0 aliphatic heterocycles. The molecule has 1 unspecified atom stereocenters. The van der Waals surface area contributed by atoms with Crippen molar-refractivity contribution in [3.8, 4) is 0 Å². The van der Waals surface area contributed by atoms with Gasteiger partial charge in [0.05, 0.1) is 6.54 Å². The van der Waals surface area contributed by atoms with Crippen molar-refractivity contribution in [2.75, 3.05) is 33.7 Å². The molecule has 0 aromatic carbocycles. The Morgan fingerprint density at radius 3 is 2.42 bits per heavy atom. The number of carboxylic acid groups (broad SMARTS) is 1. The lowest BCUT2D eigenvalue weighted by molar-refractivity contribution is -0.138. The molecule has 1 aromatic heterocycles. The summed E-state index contributed by atoms with van der Waals surface area (Å²) in [5.74, 6) is 0.927. The van der Waals surface area contributed by atoms with E-state index >= 15 is 0 Å². The molecule has 0 aliphatic rings. The van der Waals surface area contributed by atoms with E-state index in [1.807, 2.05) is 45.8 Å². The van der Waals surface area contributed by atoms with E-state index in [-0.39, 0.29) is 12.6 Å². The second-order valence-corrected chi connectivity index (χ2v) is 5.21. The molecule has 0 spiro atoms. The lowest BCUT2D eigenvalue weighted by Crippen LogP contribution is -2.37. The second-order valence-electron chi connectivity index (χ2n) is 5.21. The lowest BCUT2D eigenvalue weighted by atomic mass is 10.1. The maximum atomic E-state index is 11.0. The van der Waals surface area contributed by atoms with Gasteiger partial charge in [-0.05, 0) is 40.9 Å². The maximum Gasteiger partial charge on any atom is 0.317 e. The number of furan rings is 1. The van der Waals surface area contributed by atoms with E-state index in [1.165, 1.54) is 0 Å². The van der Waals surface area contributed by atoms with Crippen molar-refractivity contribution in [2.24, 2.45) is 0 Å². The van der Waals surface area contributed by atoms with Gasteiger partial charge < -0.3 is 14.4 Å². The zero-order valence-electron chi connectivity index (χ0n) is 12.4. The van der Waals surface area contributed by atoms with Crippen molar-refractivity contribution in [1.82, 2.24) is 9.80 Å². The maximum absolute atomic E-state index is 11.0. The van der Waals surface area contributed by atoms with Gasteiger partial charge in [-0.3, -0.25) is 9.69 Å². The molecule has 0 bridgehead atoms. The highest BCUT2D eigenvalue weighted by molar-refractivity contribution is 5.69. The molecular formula is C14H24N2O3. The first-order valence-corrected chi connectivity index (χ1v) is 6.48. The zero-order chi connectivity index (χ0) is 14.6. The van der Waals surface area contributed by atoms with Crippen molar-refractivity contribution < 1.29 is 14.3 Å². The summed E-state index contributed by atoms with van der Waals surface area (Å²) < 4.78 is 5.53. The van der Waals surface area contributed by atoms with Crippen LogP contribution in [0.4, 0.5) is 0 Å². The van der Waals surface area contributed by atoms with Gasteiger partial charge in [0.25, 0.3) is 0 Å². The number of carboxylic acids is 1. The number of hydrogen-bond acceptors (Lipinski definition) is 4.